The zero-order chi connectivity index (χ0) is 39.7. The topological polar surface area (TPSA) is 381 Å². The second-order valence-electron chi connectivity index (χ2n) is 13.7. The zero-order valence-corrected chi connectivity index (χ0v) is 28.4. The van der Waals surface area contributed by atoms with Crippen LogP contribution in [0.25, 0.3) is 0 Å². The summed E-state index contributed by atoms with van der Waals surface area (Å²) < 4.78 is 27.4. The van der Waals surface area contributed by atoms with Gasteiger partial charge in [0.15, 0.2) is 0 Å². The molecule has 0 radical (unpaired) electrons. The highest BCUT2D eigenvalue weighted by atomic mass is 16.8. The predicted molar refractivity (Wildman–Crippen MR) is 162 cm³/mol. The van der Waals surface area contributed by atoms with E-state index in [9.17, 15) is 85.9 Å². The molecular weight excluding hydrogens is 712 g/mol. The molecule has 3 fully saturated rings. The van der Waals surface area contributed by atoms with E-state index in [-0.39, 0.29) is 0 Å². The molecule has 302 valence electrons. The van der Waals surface area contributed by atoms with Crippen LogP contribution in [0.1, 0.15) is 40.0 Å². The Bertz CT molecular complexity index is 1240. The van der Waals surface area contributed by atoms with E-state index < -0.39 is 165 Å². The number of carbonyl (C=O) groups is 3. The molecule has 0 bridgehead atoms. The van der Waals surface area contributed by atoms with Crippen LogP contribution in [0.3, 0.4) is 0 Å². The Balaban J connectivity index is 1.94. The standard InChI is InChI=1S/C30H50O22/c1-10-13(34)4-28(47,25(41)42)50-23(10)20(39)17(8-32)48-30(27(45)46)6-15(36)12(3)24(52-30)21(40)18(9-33)49-29(26(43)44)5-14(35)11(2)22(51-29)19(38)16(37)7-31/h10-24,31-40,47H,4-9H2,1-3H3,(H,41,42)(H,43,44)(H,45,46)/t10-,11-,12-,13-,14-,15-,16-,17?,18?,19?,20?,21?,22?,23?,24?,28-,29-,30-/m1/s1. The van der Waals surface area contributed by atoms with Crippen molar-refractivity contribution in [2.24, 2.45) is 17.8 Å². The summed E-state index contributed by atoms with van der Waals surface area (Å²) >= 11 is 0. The average Bonchev–Trinajstić information content (AvgIpc) is 3.09. The summed E-state index contributed by atoms with van der Waals surface area (Å²) in [6.07, 6.45) is -25.3. The van der Waals surface area contributed by atoms with E-state index in [4.69, 9.17) is 23.7 Å². The van der Waals surface area contributed by atoms with Crippen molar-refractivity contribution in [1.82, 2.24) is 0 Å². The zero-order valence-electron chi connectivity index (χ0n) is 28.4. The highest BCUT2D eigenvalue weighted by molar-refractivity contribution is 5.77. The maximum atomic E-state index is 12.7. The lowest BCUT2D eigenvalue weighted by Gasteiger charge is -2.49. The maximum Gasteiger partial charge on any atom is 0.364 e. The summed E-state index contributed by atoms with van der Waals surface area (Å²) in [5.74, 6) is -18.2. The Hall–Kier alpha value is -2.23. The van der Waals surface area contributed by atoms with Gasteiger partial charge >= 0.3 is 17.9 Å². The third-order valence-corrected chi connectivity index (χ3v) is 10.2. The molecule has 22 nitrogen and oxygen atoms in total. The Labute approximate surface area is 295 Å². The fraction of sp³-hybridized carbons (Fsp3) is 0.900. The molecule has 0 spiro atoms. The van der Waals surface area contributed by atoms with Gasteiger partial charge < -0.3 is 95.2 Å². The molecule has 14 N–H and O–H groups in total. The molecule has 0 amide bonds. The number of aliphatic hydroxyl groups excluding tert-OH is 10. The number of rotatable bonds is 16. The Morgan fingerprint density at radius 1 is 0.596 bits per heavy atom. The van der Waals surface area contributed by atoms with E-state index in [1.54, 1.807) is 0 Å². The van der Waals surface area contributed by atoms with Gasteiger partial charge in [-0.25, -0.2) is 14.4 Å². The molecule has 3 aliphatic rings. The molecule has 0 saturated carbocycles. The van der Waals surface area contributed by atoms with E-state index in [1.807, 2.05) is 0 Å². The van der Waals surface area contributed by atoms with Crippen LogP contribution in [0.5, 0.6) is 0 Å². The molecule has 22 heteroatoms. The van der Waals surface area contributed by atoms with Gasteiger partial charge in [-0.15, -0.1) is 0 Å². The van der Waals surface area contributed by atoms with Crippen LogP contribution in [-0.4, -0.2) is 200 Å². The Kier molecular flexibility index (Phi) is 14.5. The van der Waals surface area contributed by atoms with Crippen LogP contribution in [0.2, 0.25) is 0 Å². The lowest BCUT2D eigenvalue weighted by Crippen LogP contribution is -2.66. The van der Waals surface area contributed by atoms with Crippen molar-refractivity contribution in [2.75, 3.05) is 19.8 Å². The van der Waals surface area contributed by atoms with Crippen LogP contribution in [-0.2, 0) is 38.1 Å². The first-order chi connectivity index (χ1) is 24.0. The normalized spacial score (nSPS) is 42.0. The number of carboxylic acid groups (broad SMARTS) is 3. The van der Waals surface area contributed by atoms with Gasteiger partial charge in [-0.2, -0.15) is 0 Å². The minimum absolute atomic E-state index is 0.810. The number of aliphatic carboxylic acids is 3. The van der Waals surface area contributed by atoms with Gasteiger partial charge in [-0.05, 0) is 0 Å². The highest BCUT2D eigenvalue weighted by Gasteiger charge is 2.60. The largest absolute Gasteiger partial charge is 0.477 e. The minimum Gasteiger partial charge on any atom is -0.477 e. The molecular formula is C30H50O22. The molecule has 3 rings (SSSR count). The van der Waals surface area contributed by atoms with Crippen LogP contribution in [0.15, 0.2) is 0 Å². The van der Waals surface area contributed by atoms with Crippen molar-refractivity contribution in [3.8, 4) is 0 Å². The number of aliphatic hydroxyl groups is 11. The van der Waals surface area contributed by atoms with Crippen molar-refractivity contribution in [3.63, 3.8) is 0 Å². The number of hydrogen-bond donors (Lipinski definition) is 14. The fourth-order valence-corrected chi connectivity index (χ4v) is 6.66. The summed E-state index contributed by atoms with van der Waals surface area (Å²) in [5, 5.41) is 145. The third-order valence-electron chi connectivity index (χ3n) is 10.2. The molecule has 0 aromatic rings. The summed E-state index contributed by atoms with van der Waals surface area (Å²) in [6, 6.07) is 0. The van der Waals surface area contributed by atoms with Crippen molar-refractivity contribution >= 4 is 17.9 Å². The van der Waals surface area contributed by atoms with Crippen LogP contribution in [0.4, 0.5) is 0 Å². The first kappa shape index (κ1) is 44.2. The van der Waals surface area contributed by atoms with E-state index in [0.717, 1.165) is 0 Å². The van der Waals surface area contributed by atoms with Gasteiger partial charge in [0.2, 0.25) is 0 Å². The number of hydrogen-bond acceptors (Lipinski definition) is 19. The lowest BCUT2D eigenvalue weighted by molar-refractivity contribution is -0.362. The van der Waals surface area contributed by atoms with E-state index >= 15 is 0 Å². The second kappa shape index (κ2) is 17.1. The van der Waals surface area contributed by atoms with Gasteiger partial charge in [0, 0.05) is 37.0 Å². The van der Waals surface area contributed by atoms with E-state index in [0.29, 0.717) is 0 Å². The van der Waals surface area contributed by atoms with Crippen LogP contribution >= 0.6 is 0 Å². The quantitative estimate of drug-likeness (QED) is 0.0695. The van der Waals surface area contributed by atoms with E-state index in [1.165, 1.54) is 20.8 Å². The Morgan fingerprint density at radius 2 is 0.942 bits per heavy atom. The monoisotopic (exact) mass is 762 g/mol. The molecule has 3 heterocycles. The predicted octanol–water partition coefficient (Wildman–Crippen LogP) is -6.13. The Morgan fingerprint density at radius 3 is 1.27 bits per heavy atom. The molecule has 0 aromatic heterocycles. The molecule has 18 atom stereocenters. The second-order valence-corrected chi connectivity index (χ2v) is 13.7. The molecule has 52 heavy (non-hydrogen) atoms. The van der Waals surface area contributed by atoms with Gasteiger partial charge in [-0.3, -0.25) is 0 Å². The fourth-order valence-electron chi connectivity index (χ4n) is 6.66. The summed E-state index contributed by atoms with van der Waals surface area (Å²) in [5.41, 5.74) is 0. The molecule has 3 saturated heterocycles. The first-order valence-corrected chi connectivity index (χ1v) is 16.5. The SMILES string of the molecule is C[C@H]1C(C(O)C(CO)O[C@]2(C(=O)O)C[C@@H](O)[C@@H](C)C(C(O)C(CO)O[C@]3(C(=O)O)C[C@@H](O)[C@@H](C)C(C(O)[C@H](O)CO)O3)O2)O[C@@](O)(C(=O)O)C[C@H]1O. The summed E-state index contributed by atoms with van der Waals surface area (Å²) in [6.45, 7) is 0.465. The average molecular weight is 763 g/mol. The molecule has 3 aliphatic heterocycles. The number of carboxylic acids is 3. The van der Waals surface area contributed by atoms with Crippen molar-refractivity contribution in [2.45, 2.75) is 131 Å². The summed E-state index contributed by atoms with van der Waals surface area (Å²) in [7, 11) is 0. The molecule has 0 aliphatic carbocycles. The van der Waals surface area contributed by atoms with Crippen molar-refractivity contribution in [3.05, 3.63) is 0 Å². The van der Waals surface area contributed by atoms with Gasteiger partial charge in [0.05, 0.1) is 56.4 Å². The first-order valence-electron chi connectivity index (χ1n) is 16.5. The van der Waals surface area contributed by atoms with Crippen molar-refractivity contribution < 1.29 is 110 Å². The minimum atomic E-state index is -3.04. The van der Waals surface area contributed by atoms with E-state index in [2.05, 4.69) is 0 Å². The van der Waals surface area contributed by atoms with Gasteiger partial charge in [-0.1, -0.05) is 20.8 Å². The van der Waals surface area contributed by atoms with Crippen LogP contribution < -0.4 is 0 Å². The number of ether oxygens (including phenoxy) is 5. The van der Waals surface area contributed by atoms with Gasteiger partial charge in [0.25, 0.3) is 17.4 Å². The summed E-state index contributed by atoms with van der Waals surface area (Å²) in [4.78, 5) is 36.9. The van der Waals surface area contributed by atoms with Crippen molar-refractivity contribution in [1.29, 1.82) is 0 Å². The molecule has 0 aromatic carbocycles. The van der Waals surface area contributed by atoms with Gasteiger partial charge in [0.1, 0.15) is 36.6 Å². The molecule has 8 unspecified atom stereocenters. The highest BCUT2D eigenvalue weighted by Crippen LogP contribution is 2.42. The smallest absolute Gasteiger partial charge is 0.364 e. The lowest BCUT2D eigenvalue weighted by atomic mass is 9.83. The maximum absolute atomic E-state index is 12.7. The third kappa shape index (κ3) is 8.67. The van der Waals surface area contributed by atoms with Crippen LogP contribution in [0, 0.1) is 17.8 Å².